The molecule has 0 fully saturated rings. The van der Waals surface area contributed by atoms with Gasteiger partial charge in [0.25, 0.3) is 0 Å². The molecule has 0 aliphatic heterocycles. The van der Waals surface area contributed by atoms with Crippen molar-refractivity contribution in [2.75, 3.05) is 0 Å². The number of hydrogen-bond donors (Lipinski definition) is 3. The van der Waals surface area contributed by atoms with Gasteiger partial charge in [-0.3, -0.25) is 0 Å². The van der Waals surface area contributed by atoms with Crippen molar-refractivity contribution in [3.05, 3.63) is 21.9 Å². The zero-order valence-electron chi connectivity index (χ0n) is 7.81. The Bertz CT molecular complexity index is 348. The third kappa shape index (κ3) is 1.83. The van der Waals surface area contributed by atoms with E-state index in [2.05, 4.69) is 15.9 Å². The summed E-state index contributed by atoms with van der Waals surface area (Å²) in [7, 11) is 0. The molecule has 4 N–H and O–H groups in total. The van der Waals surface area contributed by atoms with E-state index in [1.54, 1.807) is 13.8 Å². The molecule has 5 heteroatoms. The molecule has 78 valence electrons. The Morgan fingerprint density at radius 3 is 2.36 bits per heavy atom. The lowest BCUT2D eigenvalue weighted by Gasteiger charge is -2.22. The molecule has 0 atom stereocenters. The Balaban J connectivity index is 3.56. The van der Waals surface area contributed by atoms with Crippen molar-refractivity contribution in [2.24, 2.45) is 5.73 Å². The van der Waals surface area contributed by atoms with Gasteiger partial charge in [0.15, 0.2) is 11.5 Å². The number of benzene rings is 1. The minimum atomic E-state index is -0.942. The largest absolute Gasteiger partial charge is 0.504 e. The Morgan fingerprint density at radius 1 is 1.43 bits per heavy atom. The molecular weight excluding hydrogens is 253 g/mol. The van der Waals surface area contributed by atoms with Gasteiger partial charge in [-0.25, -0.2) is 4.39 Å². The van der Waals surface area contributed by atoms with Crippen LogP contribution in [0.5, 0.6) is 11.5 Å². The topological polar surface area (TPSA) is 66.5 Å². The summed E-state index contributed by atoms with van der Waals surface area (Å²) in [5, 5.41) is 18.7. The van der Waals surface area contributed by atoms with Crippen LogP contribution >= 0.6 is 15.9 Å². The predicted octanol–water partition coefficient (Wildman–Crippen LogP) is 2.19. The maximum Gasteiger partial charge on any atom is 0.163 e. The van der Waals surface area contributed by atoms with Crippen LogP contribution in [0.4, 0.5) is 4.39 Å². The van der Waals surface area contributed by atoms with Crippen molar-refractivity contribution in [1.82, 2.24) is 0 Å². The van der Waals surface area contributed by atoms with Gasteiger partial charge in [-0.2, -0.15) is 0 Å². The minimum absolute atomic E-state index is 0.0697. The van der Waals surface area contributed by atoms with Crippen LogP contribution in [-0.2, 0) is 5.54 Å². The third-order valence-corrected chi connectivity index (χ3v) is 2.59. The number of nitrogens with two attached hydrogens (primary N) is 1. The first-order chi connectivity index (χ1) is 6.25. The normalized spacial score (nSPS) is 11.8. The fourth-order valence-electron chi connectivity index (χ4n) is 1.19. The van der Waals surface area contributed by atoms with E-state index >= 15 is 0 Å². The molecule has 0 saturated carbocycles. The Labute approximate surface area is 89.5 Å². The molecular formula is C9H11BrFNO2. The molecule has 0 bridgehead atoms. The second kappa shape index (κ2) is 3.40. The highest BCUT2D eigenvalue weighted by molar-refractivity contribution is 9.10. The first kappa shape index (κ1) is 11.3. The van der Waals surface area contributed by atoms with Gasteiger partial charge in [0.05, 0.1) is 4.47 Å². The molecule has 0 aromatic heterocycles. The standard InChI is InChI=1S/C9H11BrFNO2/c1-9(2,12)6-7(10)4(11)3-5(13)8(6)14/h3,13-14H,12H2,1-2H3. The van der Waals surface area contributed by atoms with Gasteiger partial charge in [0.1, 0.15) is 5.82 Å². The second-order valence-corrected chi connectivity index (χ2v) is 4.43. The molecule has 0 aliphatic carbocycles. The van der Waals surface area contributed by atoms with Gasteiger partial charge in [0.2, 0.25) is 0 Å². The average Bonchev–Trinajstić information content (AvgIpc) is 1.98. The highest BCUT2D eigenvalue weighted by Gasteiger charge is 2.26. The van der Waals surface area contributed by atoms with Crippen LogP contribution < -0.4 is 5.73 Å². The molecule has 3 nitrogen and oxygen atoms in total. The minimum Gasteiger partial charge on any atom is -0.504 e. The van der Waals surface area contributed by atoms with Crippen molar-refractivity contribution in [3.63, 3.8) is 0 Å². The second-order valence-electron chi connectivity index (χ2n) is 3.64. The number of aromatic hydroxyl groups is 2. The predicted molar refractivity (Wildman–Crippen MR) is 54.6 cm³/mol. The lowest BCUT2D eigenvalue weighted by atomic mass is 9.94. The van der Waals surface area contributed by atoms with E-state index in [0.717, 1.165) is 6.07 Å². The molecule has 0 amide bonds. The molecule has 1 rings (SSSR count). The van der Waals surface area contributed by atoms with Crippen molar-refractivity contribution in [1.29, 1.82) is 0 Å². The number of rotatable bonds is 1. The highest BCUT2D eigenvalue weighted by Crippen LogP contribution is 2.41. The number of phenols is 2. The zero-order chi connectivity index (χ0) is 11.1. The van der Waals surface area contributed by atoms with Gasteiger partial charge in [-0.1, -0.05) is 0 Å². The van der Waals surface area contributed by atoms with Gasteiger partial charge in [-0.05, 0) is 29.8 Å². The maximum atomic E-state index is 13.2. The molecule has 0 saturated heterocycles. The summed E-state index contributed by atoms with van der Waals surface area (Å²) in [6.07, 6.45) is 0. The van der Waals surface area contributed by atoms with Crippen LogP contribution in [0.15, 0.2) is 10.5 Å². The van der Waals surface area contributed by atoms with E-state index in [1.165, 1.54) is 0 Å². The molecule has 0 unspecified atom stereocenters. The van der Waals surface area contributed by atoms with Crippen LogP contribution in [0.25, 0.3) is 0 Å². The van der Waals surface area contributed by atoms with Crippen molar-refractivity contribution in [3.8, 4) is 11.5 Å². The summed E-state index contributed by atoms with van der Waals surface area (Å²) >= 11 is 2.97. The molecule has 0 heterocycles. The number of phenolic OH excluding ortho intramolecular Hbond substituents is 2. The first-order valence-corrected chi connectivity index (χ1v) is 4.73. The zero-order valence-corrected chi connectivity index (χ0v) is 9.39. The van der Waals surface area contributed by atoms with Gasteiger partial charge >= 0.3 is 0 Å². The van der Waals surface area contributed by atoms with Gasteiger partial charge in [-0.15, -0.1) is 0 Å². The summed E-state index contributed by atoms with van der Waals surface area (Å²) < 4.78 is 13.2. The molecule has 1 aromatic carbocycles. The summed E-state index contributed by atoms with van der Waals surface area (Å²) in [4.78, 5) is 0. The lowest BCUT2D eigenvalue weighted by Crippen LogP contribution is -2.29. The fraction of sp³-hybridized carbons (Fsp3) is 0.333. The average molecular weight is 264 g/mol. The van der Waals surface area contributed by atoms with Crippen molar-refractivity contribution >= 4 is 15.9 Å². The molecule has 1 aromatic rings. The van der Waals surface area contributed by atoms with E-state index in [4.69, 9.17) is 5.73 Å². The smallest absolute Gasteiger partial charge is 0.163 e. The molecule has 14 heavy (non-hydrogen) atoms. The van der Waals surface area contributed by atoms with Crippen LogP contribution in [0.1, 0.15) is 19.4 Å². The number of hydrogen-bond acceptors (Lipinski definition) is 3. The number of halogens is 2. The summed E-state index contributed by atoms with van der Waals surface area (Å²) in [6.45, 7) is 3.21. The highest BCUT2D eigenvalue weighted by atomic mass is 79.9. The van der Waals surface area contributed by atoms with E-state index in [0.29, 0.717) is 0 Å². The van der Waals surface area contributed by atoms with Crippen LogP contribution in [-0.4, -0.2) is 10.2 Å². The summed E-state index contributed by atoms with van der Waals surface area (Å²) in [6, 6.07) is 0.828. The quantitative estimate of drug-likeness (QED) is 0.681. The van der Waals surface area contributed by atoms with Crippen LogP contribution in [0, 0.1) is 5.82 Å². The summed E-state index contributed by atoms with van der Waals surface area (Å²) in [5.41, 5.74) is 4.93. The molecule has 0 radical (unpaired) electrons. The third-order valence-electron chi connectivity index (χ3n) is 1.82. The Kier molecular flexibility index (Phi) is 2.74. The van der Waals surface area contributed by atoms with Crippen molar-refractivity contribution < 1.29 is 14.6 Å². The Morgan fingerprint density at radius 2 is 1.93 bits per heavy atom. The Hall–Kier alpha value is -0.810. The van der Waals surface area contributed by atoms with E-state index in [9.17, 15) is 14.6 Å². The van der Waals surface area contributed by atoms with E-state index in [1.807, 2.05) is 0 Å². The fourth-order valence-corrected chi connectivity index (χ4v) is 2.00. The lowest BCUT2D eigenvalue weighted by molar-refractivity contribution is 0.380. The van der Waals surface area contributed by atoms with Crippen LogP contribution in [0.3, 0.4) is 0 Å². The SMILES string of the molecule is CC(C)(N)c1c(O)c(O)cc(F)c1Br. The van der Waals surface area contributed by atoms with E-state index in [-0.39, 0.29) is 10.0 Å². The molecule has 0 aliphatic rings. The van der Waals surface area contributed by atoms with Gasteiger partial charge in [0, 0.05) is 17.2 Å². The van der Waals surface area contributed by atoms with Crippen molar-refractivity contribution in [2.45, 2.75) is 19.4 Å². The first-order valence-electron chi connectivity index (χ1n) is 3.94. The van der Waals surface area contributed by atoms with Gasteiger partial charge < -0.3 is 15.9 Å². The molecule has 0 spiro atoms. The maximum absolute atomic E-state index is 13.2. The summed E-state index contributed by atoms with van der Waals surface area (Å²) in [5.74, 6) is -1.57. The van der Waals surface area contributed by atoms with Crippen LogP contribution in [0.2, 0.25) is 0 Å². The monoisotopic (exact) mass is 263 g/mol. The van der Waals surface area contributed by atoms with E-state index < -0.39 is 22.9 Å².